The van der Waals surface area contributed by atoms with Crippen LogP contribution >= 0.6 is 0 Å². The Balaban J connectivity index is 1.89. The smallest absolute Gasteiger partial charge is 0.253 e. The summed E-state index contributed by atoms with van der Waals surface area (Å²) in [4.78, 5) is 26.4. The predicted molar refractivity (Wildman–Crippen MR) is 86.1 cm³/mol. The molecule has 114 valence electrons. The summed E-state index contributed by atoms with van der Waals surface area (Å²) in [6.45, 7) is 5.99. The van der Waals surface area contributed by atoms with E-state index in [4.69, 9.17) is 0 Å². The fourth-order valence-corrected chi connectivity index (χ4v) is 3.22. The van der Waals surface area contributed by atoms with Crippen molar-refractivity contribution in [2.75, 3.05) is 0 Å². The van der Waals surface area contributed by atoms with Gasteiger partial charge in [-0.05, 0) is 42.9 Å². The standard InChI is InChI=1S/C18H20N2O2/c1-10-4-5-13-7-12(3)17(14(13)6-10)20-18(22)15-9-19-16(21)8-11(15)2/h4-6,8-9,12,17H,7H2,1-3H3,(H,19,21)(H,20,22)/t12-,17+/m1/s1. The maximum Gasteiger partial charge on any atom is 0.253 e. The second kappa shape index (κ2) is 5.44. The minimum absolute atomic E-state index is 0.0220. The molecule has 0 saturated carbocycles. The van der Waals surface area contributed by atoms with Crippen LogP contribution in [0, 0.1) is 19.8 Å². The molecule has 4 nitrogen and oxygen atoms in total. The van der Waals surface area contributed by atoms with Gasteiger partial charge in [-0.2, -0.15) is 0 Å². The average molecular weight is 296 g/mol. The lowest BCUT2D eigenvalue weighted by molar-refractivity contribution is 0.0926. The molecule has 2 atom stereocenters. The molecule has 2 N–H and O–H groups in total. The van der Waals surface area contributed by atoms with Crippen LogP contribution in [0.15, 0.2) is 35.3 Å². The number of rotatable bonds is 2. The number of pyridine rings is 1. The second-order valence-corrected chi connectivity index (χ2v) is 6.23. The summed E-state index contributed by atoms with van der Waals surface area (Å²) in [6, 6.07) is 7.89. The highest BCUT2D eigenvalue weighted by Gasteiger charge is 2.31. The molecule has 0 spiro atoms. The second-order valence-electron chi connectivity index (χ2n) is 6.23. The first-order valence-corrected chi connectivity index (χ1v) is 7.55. The Morgan fingerprint density at radius 3 is 2.77 bits per heavy atom. The lowest BCUT2D eigenvalue weighted by Crippen LogP contribution is -2.31. The number of fused-ring (bicyclic) bond motifs is 1. The minimum Gasteiger partial charge on any atom is -0.345 e. The molecule has 2 aromatic rings. The number of H-pyrrole nitrogens is 1. The van der Waals surface area contributed by atoms with Crippen LogP contribution in [-0.2, 0) is 6.42 Å². The van der Waals surface area contributed by atoms with Crippen molar-refractivity contribution in [3.8, 4) is 0 Å². The Morgan fingerprint density at radius 1 is 1.27 bits per heavy atom. The number of benzene rings is 1. The summed E-state index contributed by atoms with van der Waals surface area (Å²) in [5.74, 6) is 0.226. The Kier molecular flexibility index (Phi) is 3.61. The molecule has 0 aliphatic heterocycles. The van der Waals surface area contributed by atoms with Crippen molar-refractivity contribution in [2.45, 2.75) is 33.2 Å². The molecule has 4 heteroatoms. The quantitative estimate of drug-likeness (QED) is 0.895. The van der Waals surface area contributed by atoms with E-state index in [-0.39, 0.29) is 17.5 Å². The summed E-state index contributed by atoms with van der Waals surface area (Å²) in [5, 5.41) is 3.13. The SMILES string of the molecule is Cc1ccc2c(c1)[C@@H](NC(=O)c1c[nH]c(=O)cc1C)[C@H](C)C2. The van der Waals surface area contributed by atoms with Gasteiger partial charge in [0.15, 0.2) is 0 Å². The van der Waals surface area contributed by atoms with Crippen LogP contribution in [0.5, 0.6) is 0 Å². The number of nitrogens with one attached hydrogen (secondary N) is 2. The normalized spacial score (nSPS) is 19.8. The Bertz CT molecular complexity index is 792. The molecular weight excluding hydrogens is 276 g/mol. The minimum atomic E-state index is -0.191. The van der Waals surface area contributed by atoms with Gasteiger partial charge in [0.1, 0.15) is 0 Å². The number of aromatic amines is 1. The molecular formula is C18H20N2O2. The fraction of sp³-hybridized carbons (Fsp3) is 0.333. The van der Waals surface area contributed by atoms with Crippen LogP contribution in [0.1, 0.15) is 45.6 Å². The van der Waals surface area contributed by atoms with E-state index in [1.54, 1.807) is 6.92 Å². The zero-order valence-corrected chi connectivity index (χ0v) is 13.1. The summed E-state index contributed by atoms with van der Waals surface area (Å²) >= 11 is 0. The lowest BCUT2D eigenvalue weighted by atomic mass is 10.0. The van der Waals surface area contributed by atoms with Gasteiger partial charge in [-0.3, -0.25) is 9.59 Å². The highest BCUT2D eigenvalue weighted by molar-refractivity contribution is 5.95. The monoisotopic (exact) mass is 296 g/mol. The van der Waals surface area contributed by atoms with Crippen molar-refractivity contribution in [3.05, 3.63) is 68.6 Å². The molecule has 1 aliphatic carbocycles. The van der Waals surface area contributed by atoms with Crippen LogP contribution in [0.3, 0.4) is 0 Å². The van der Waals surface area contributed by atoms with E-state index in [0.29, 0.717) is 17.0 Å². The number of aromatic nitrogens is 1. The van der Waals surface area contributed by atoms with Crippen molar-refractivity contribution >= 4 is 5.91 Å². The number of carbonyl (C=O) groups is 1. The van der Waals surface area contributed by atoms with E-state index in [0.717, 1.165) is 6.42 Å². The first-order valence-electron chi connectivity index (χ1n) is 7.55. The summed E-state index contributed by atoms with van der Waals surface area (Å²) in [6.07, 6.45) is 2.47. The molecule has 0 unspecified atom stereocenters. The number of carbonyl (C=O) groups excluding carboxylic acids is 1. The highest BCUT2D eigenvalue weighted by Crippen LogP contribution is 2.36. The van der Waals surface area contributed by atoms with E-state index < -0.39 is 0 Å². The van der Waals surface area contributed by atoms with Gasteiger partial charge in [-0.15, -0.1) is 0 Å². The molecule has 22 heavy (non-hydrogen) atoms. The van der Waals surface area contributed by atoms with Crippen LogP contribution < -0.4 is 10.9 Å². The van der Waals surface area contributed by atoms with Gasteiger partial charge < -0.3 is 10.3 Å². The van der Waals surface area contributed by atoms with Crippen LogP contribution in [0.4, 0.5) is 0 Å². The molecule has 0 radical (unpaired) electrons. The Hall–Kier alpha value is -2.36. The number of hydrogen-bond donors (Lipinski definition) is 2. The maximum atomic E-state index is 12.5. The predicted octanol–water partition coefficient (Wildman–Crippen LogP) is 2.66. The van der Waals surface area contributed by atoms with Gasteiger partial charge in [-0.1, -0.05) is 30.7 Å². The van der Waals surface area contributed by atoms with Gasteiger partial charge in [0, 0.05) is 12.3 Å². The number of hydrogen-bond acceptors (Lipinski definition) is 2. The van der Waals surface area contributed by atoms with Gasteiger partial charge >= 0.3 is 0 Å². The van der Waals surface area contributed by atoms with Crippen molar-refractivity contribution in [1.82, 2.24) is 10.3 Å². The molecule has 0 saturated heterocycles. The van der Waals surface area contributed by atoms with Crippen molar-refractivity contribution < 1.29 is 4.79 Å². The van der Waals surface area contributed by atoms with Crippen molar-refractivity contribution in [3.63, 3.8) is 0 Å². The average Bonchev–Trinajstić information content (AvgIpc) is 2.75. The molecule has 3 rings (SSSR count). The summed E-state index contributed by atoms with van der Waals surface area (Å²) in [7, 11) is 0. The largest absolute Gasteiger partial charge is 0.345 e. The Morgan fingerprint density at radius 2 is 2.05 bits per heavy atom. The third kappa shape index (κ3) is 2.56. The van der Waals surface area contributed by atoms with E-state index in [1.165, 1.54) is 29.0 Å². The van der Waals surface area contributed by atoms with Crippen molar-refractivity contribution in [2.24, 2.45) is 5.92 Å². The van der Waals surface area contributed by atoms with E-state index in [2.05, 4.69) is 42.3 Å². The highest BCUT2D eigenvalue weighted by atomic mass is 16.2. The first-order chi connectivity index (χ1) is 10.5. The van der Waals surface area contributed by atoms with E-state index in [1.807, 2.05) is 0 Å². The third-order valence-corrected chi connectivity index (χ3v) is 4.41. The molecule has 1 aromatic carbocycles. The molecule has 0 fully saturated rings. The summed E-state index contributed by atoms with van der Waals surface area (Å²) < 4.78 is 0. The Labute approximate surface area is 129 Å². The van der Waals surface area contributed by atoms with Crippen LogP contribution in [0.25, 0.3) is 0 Å². The number of amides is 1. The molecule has 1 heterocycles. The summed E-state index contributed by atoms with van der Waals surface area (Å²) in [5.41, 5.74) is 4.74. The van der Waals surface area contributed by atoms with Crippen molar-refractivity contribution in [1.29, 1.82) is 0 Å². The maximum absolute atomic E-state index is 12.5. The van der Waals surface area contributed by atoms with Gasteiger partial charge in [0.2, 0.25) is 5.56 Å². The van der Waals surface area contributed by atoms with Gasteiger partial charge in [0.25, 0.3) is 5.91 Å². The van der Waals surface area contributed by atoms with Gasteiger partial charge in [0.05, 0.1) is 11.6 Å². The third-order valence-electron chi connectivity index (χ3n) is 4.41. The zero-order chi connectivity index (χ0) is 15.9. The zero-order valence-electron chi connectivity index (χ0n) is 13.1. The lowest BCUT2D eigenvalue weighted by Gasteiger charge is -2.19. The van der Waals surface area contributed by atoms with Gasteiger partial charge in [-0.25, -0.2) is 0 Å². The van der Waals surface area contributed by atoms with Crippen LogP contribution in [-0.4, -0.2) is 10.9 Å². The fourth-order valence-electron chi connectivity index (χ4n) is 3.22. The van der Waals surface area contributed by atoms with E-state index >= 15 is 0 Å². The molecule has 0 bridgehead atoms. The molecule has 1 aliphatic rings. The first kappa shape index (κ1) is 14.6. The molecule has 1 amide bonds. The topological polar surface area (TPSA) is 62.0 Å². The van der Waals surface area contributed by atoms with E-state index in [9.17, 15) is 9.59 Å². The van der Waals surface area contributed by atoms with Crippen LogP contribution in [0.2, 0.25) is 0 Å². The number of aryl methyl sites for hydroxylation is 2. The molecule has 1 aromatic heterocycles.